The summed E-state index contributed by atoms with van der Waals surface area (Å²) >= 11 is 0. The Kier molecular flexibility index (Phi) is 1.87. The highest BCUT2D eigenvalue weighted by Gasteiger charge is 2.75. The minimum atomic E-state index is -1.15. The molecule has 0 amide bonds. The quantitative estimate of drug-likeness (QED) is 0.591. The predicted molar refractivity (Wildman–Crippen MR) is 54.6 cm³/mol. The molecular weight excluding hydrogens is 208 g/mol. The number of epoxide rings is 1. The van der Waals surface area contributed by atoms with E-state index in [1.807, 2.05) is 18.2 Å². The molecule has 0 aromatic heterocycles. The summed E-state index contributed by atoms with van der Waals surface area (Å²) in [5, 5.41) is 10.2. The van der Waals surface area contributed by atoms with Crippen LogP contribution in [0.25, 0.3) is 0 Å². The Morgan fingerprint density at radius 1 is 1.38 bits per heavy atom. The molecule has 4 heteroatoms. The lowest BCUT2D eigenvalue weighted by atomic mass is 9.93. The van der Waals surface area contributed by atoms with E-state index in [1.54, 1.807) is 19.1 Å². The number of carbonyl (C=O) groups excluding carboxylic acids is 1. The zero-order chi connectivity index (χ0) is 11.3. The average Bonchev–Trinajstić information content (AvgIpc) is 3.00. The Labute approximate surface area is 92.8 Å². The van der Waals surface area contributed by atoms with E-state index in [0.717, 1.165) is 0 Å². The summed E-state index contributed by atoms with van der Waals surface area (Å²) in [6.07, 6.45) is -1.53. The molecule has 4 atom stereocenters. The highest BCUT2D eigenvalue weighted by atomic mass is 16.7. The topological polar surface area (TPSA) is 59.1 Å². The van der Waals surface area contributed by atoms with Gasteiger partial charge in [-0.3, -0.25) is 0 Å². The molecule has 0 saturated carbocycles. The van der Waals surface area contributed by atoms with Crippen molar-refractivity contribution >= 4 is 5.97 Å². The number of rotatable bonds is 2. The van der Waals surface area contributed by atoms with Crippen LogP contribution in [-0.4, -0.2) is 28.9 Å². The van der Waals surface area contributed by atoms with E-state index >= 15 is 0 Å². The Morgan fingerprint density at radius 3 is 2.56 bits per heavy atom. The number of fused-ring (bicyclic) bond motifs is 1. The van der Waals surface area contributed by atoms with Crippen LogP contribution in [0.5, 0.6) is 0 Å². The molecule has 16 heavy (non-hydrogen) atoms. The van der Waals surface area contributed by atoms with Crippen LogP contribution in [0.2, 0.25) is 0 Å². The predicted octanol–water partition coefficient (Wildman–Crippen LogP) is 0.803. The van der Waals surface area contributed by atoms with E-state index in [9.17, 15) is 9.90 Å². The summed E-state index contributed by atoms with van der Waals surface area (Å²) < 4.78 is 10.4. The molecule has 4 nitrogen and oxygen atoms in total. The molecule has 1 unspecified atom stereocenters. The zero-order valence-electron chi connectivity index (χ0n) is 8.79. The van der Waals surface area contributed by atoms with Crippen molar-refractivity contribution in [3.05, 3.63) is 35.9 Å². The summed E-state index contributed by atoms with van der Waals surface area (Å²) in [4.78, 5) is 11.7. The fraction of sp³-hybridized carbons (Fsp3) is 0.417. The standard InChI is InChI=1S/C12H12O4/c1-7-10-12(16-10,11(14)15-7)9(13)8-5-3-2-4-6-8/h2-7,9-10,13H,1H3/t7-,9?,10-,12-/m1/s1. The number of aliphatic hydroxyl groups is 1. The van der Waals surface area contributed by atoms with Gasteiger partial charge in [0.05, 0.1) is 0 Å². The van der Waals surface area contributed by atoms with E-state index < -0.39 is 17.7 Å². The van der Waals surface area contributed by atoms with E-state index in [4.69, 9.17) is 9.47 Å². The van der Waals surface area contributed by atoms with Crippen molar-refractivity contribution in [2.45, 2.75) is 30.8 Å². The van der Waals surface area contributed by atoms with E-state index in [2.05, 4.69) is 0 Å². The van der Waals surface area contributed by atoms with Gasteiger partial charge in [0.25, 0.3) is 0 Å². The van der Waals surface area contributed by atoms with Crippen LogP contribution in [0.1, 0.15) is 18.6 Å². The summed E-state index contributed by atoms with van der Waals surface area (Å²) in [6, 6.07) is 9.03. The Morgan fingerprint density at radius 2 is 2.06 bits per heavy atom. The Hall–Kier alpha value is -1.39. The van der Waals surface area contributed by atoms with Crippen molar-refractivity contribution in [2.75, 3.05) is 0 Å². The maximum absolute atomic E-state index is 11.7. The molecule has 0 spiro atoms. The third-order valence-electron chi connectivity index (χ3n) is 3.25. The molecule has 2 fully saturated rings. The van der Waals surface area contributed by atoms with Crippen molar-refractivity contribution in [3.8, 4) is 0 Å². The van der Waals surface area contributed by atoms with Crippen LogP contribution >= 0.6 is 0 Å². The van der Waals surface area contributed by atoms with Gasteiger partial charge in [-0.2, -0.15) is 0 Å². The fourth-order valence-corrected chi connectivity index (χ4v) is 2.32. The van der Waals surface area contributed by atoms with Gasteiger partial charge in [-0.05, 0) is 12.5 Å². The van der Waals surface area contributed by atoms with E-state index in [0.29, 0.717) is 5.56 Å². The maximum Gasteiger partial charge on any atom is 0.344 e. The zero-order valence-corrected chi connectivity index (χ0v) is 8.79. The van der Waals surface area contributed by atoms with E-state index in [1.165, 1.54) is 0 Å². The third-order valence-corrected chi connectivity index (χ3v) is 3.25. The van der Waals surface area contributed by atoms with Crippen molar-refractivity contribution in [1.82, 2.24) is 0 Å². The number of hydrogen-bond donors (Lipinski definition) is 1. The van der Waals surface area contributed by atoms with Gasteiger partial charge in [0.15, 0.2) is 0 Å². The largest absolute Gasteiger partial charge is 0.457 e. The molecule has 2 saturated heterocycles. The van der Waals surface area contributed by atoms with Gasteiger partial charge < -0.3 is 14.6 Å². The maximum atomic E-state index is 11.7. The molecule has 2 aliphatic rings. The highest BCUT2D eigenvalue weighted by molar-refractivity contribution is 5.87. The molecule has 2 heterocycles. The Bertz CT molecular complexity index is 430. The number of ether oxygens (including phenoxy) is 2. The van der Waals surface area contributed by atoms with Gasteiger partial charge in [0.2, 0.25) is 5.60 Å². The molecule has 1 aromatic rings. The van der Waals surface area contributed by atoms with Crippen LogP contribution in [0.15, 0.2) is 30.3 Å². The lowest BCUT2D eigenvalue weighted by Crippen LogP contribution is -2.30. The minimum absolute atomic E-state index is 0.272. The number of hydrogen-bond acceptors (Lipinski definition) is 4. The van der Waals surface area contributed by atoms with Crippen LogP contribution in [0.3, 0.4) is 0 Å². The van der Waals surface area contributed by atoms with Crippen molar-refractivity contribution in [3.63, 3.8) is 0 Å². The third kappa shape index (κ3) is 1.08. The lowest BCUT2D eigenvalue weighted by Gasteiger charge is -2.15. The first-order valence-corrected chi connectivity index (χ1v) is 5.28. The molecule has 0 radical (unpaired) electrons. The van der Waals surface area contributed by atoms with Gasteiger partial charge in [-0.15, -0.1) is 0 Å². The first-order valence-electron chi connectivity index (χ1n) is 5.28. The summed E-state index contributed by atoms with van der Waals surface area (Å²) in [5.74, 6) is -0.457. The lowest BCUT2D eigenvalue weighted by molar-refractivity contribution is -0.157. The molecule has 0 aliphatic carbocycles. The summed E-state index contributed by atoms with van der Waals surface area (Å²) in [5.41, 5.74) is -0.475. The van der Waals surface area contributed by atoms with Gasteiger partial charge in [0, 0.05) is 0 Å². The van der Waals surface area contributed by atoms with Gasteiger partial charge >= 0.3 is 5.97 Å². The van der Waals surface area contributed by atoms with Gasteiger partial charge in [-0.25, -0.2) is 4.79 Å². The SMILES string of the molecule is C[C@H]1OC(=O)[C@]2(C(O)c3ccccc3)O[C@H]12. The smallest absolute Gasteiger partial charge is 0.344 e. The molecule has 2 aliphatic heterocycles. The molecule has 0 bridgehead atoms. The van der Waals surface area contributed by atoms with Crippen LogP contribution < -0.4 is 0 Å². The summed E-state index contributed by atoms with van der Waals surface area (Å²) in [7, 11) is 0. The van der Waals surface area contributed by atoms with Crippen LogP contribution in [0.4, 0.5) is 0 Å². The number of aliphatic hydroxyl groups excluding tert-OH is 1. The first kappa shape index (κ1) is 9.81. The van der Waals surface area contributed by atoms with Crippen molar-refractivity contribution in [2.24, 2.45) is 0 Å². The second-order valence-corrected chi connectivity index (χ2v) is 4.26. The minimum Gasteiger partial charge on any atom is -0.457 e. The van der Waals surface area contributed by atoms with Crippen LogP contribution in [-0.2, 0) is 14.3 Å². The first-order chi connectivity index (χ1) is 7.66. The second-order valence-electron chi connectivity index (χ2n) is 4.26. The normalized spacial score (nSPS) is 37.8. The van der Waals surface area contributed by atoms with Crippen LogP contribution in [0, 0.1) is 0 Å². The molecule has 1 N–H and O–H groups in total. The molecule has 1 aromatic carbocycles. The average molecular weight is 220 g/mol. The molecule has 84 valence electrons. The second kappa shape index (κ2) is 3.06. The highest BCUT2D eigenvalue weighted by Crippen LogP contribution is 2.53. The number of benzene rings is 1. The summed E-state index contributed by atoms with van der Waals surface area (Å²) in [6.45, 7) is 1.77. The molecular formula is C12H12O4. The fourth-order valence-electron chi connectivity index (χ4n) is 2.32. The van der Waals surface area contributed by atoms with E-state index in [-0.39, 0.29) is 12.2 Å². The number of carbonyl (C=O) groups is 1. The van der Waals surface area contributed by atoms with Gasteiger partial charge in [0.1, 0.15) is 18.3 Å². The monoisotopic (exact) mass is 220 g/mol. The number of esters is 1. The molecule has 3 rings (SSSR count). The van der Waals surface area contributed by atoms with Gasteiger partial charge in [-0.1, -0.05) is 30.3 Å². The van der Waals surface area contributed by atoms with Crippen molar-refractivity contribution < 1.29 is 19.4 Å². The number of cyclic esters (lactones) is 1. The Balaban J connectivity index is 1.93. The van der Waals surface area contributed by atoms with Crippen molar-refractivity contribution in [1.29, 1.82) is 0 Å².